The molecule has 4 aromatic rings. The van der Waals surface area contributed by atoms with Crippen molar-refractivity contribution in [2.75, 3.05) is 6.61 Å². The Morgan fingerprint density at radius 2 is 1.76 bits per heavy atom. The monoisotopic (exact) mass is 443 g/mol. The second kappa shape index (κ2) is 8.34. The predicted octanol–water partition coefficient (Wildman–Crippen LogP) is 3.20. The van der Waals surface area contributed by atoms with Gasteiger partial charge in [-0.1, -0.05) is 41.6 Å². The molecule has 0 unspecified atom stereocenters. The van der Waals surface area contributed by atoms with Crippen molar-refractivity contribution in [1.82, 2.24) is 24.5 Å². The Balaban J connectivity index is 1.58. The van der Waals surface area contributed by atoms with Gasteiger partial charge in [0.2, 0.25) is 0 Å². The number of carbonyl (C=O) groups excluding carboxylic acids is 2. The molecule has 9 heteroatoms. The van der Waals surface area contributed by atoms with Gasteiger partial charge >= 0.3 is 11.9 Å². The molecule has 2 aromatic carbocycles. The van der Waals surface area contributed by atoms with E-state index in [1.807, 2.05) is 60.0 Å². The van der Waals surface area contributed by atoms with Gasteiger partial charge in [-0.15, -0.1) is 5.10 Å². The van der Waals surface area contributed by atoms with Crippen molar-refractivity contribution in [3.63, 3.8) is 0 Å². The van der Waals surface area contributed by atoms with Crippen LogP contribution < -0.4 is 0 Å². The van der Waals surface area contributed by atoms with E-state index in [1.165, 1.54) is 0 Å². The fourth-order valence-electron chi connectivity index (χ4n) is 3.89. The number of aryl methyl sites for hydroxylation is 1. The number of imidazole rings is 1. The molecule has 5 rings (SSSR count). The van der Waals surface area contributed by atoms with Gasteiger partial charge in [-0.3, -0.25) is 4.57 Å². The molecule has 0 spiro atoms. The number of rotatable bonds is 5. The summed E-state index contributed by atoms with van der Waals surface area (Å²) in [6, 6.07) is 15.2. The Labute approximate surface area is 189 Å². The van der Waals surface area contributed by atoms with Crippen LogP contribution in [0.3, 0.4) is 0 Å². The summed E-state index contributed by atoms with van der Waals surface area (Å²) >= 11 is 0. The number of carbonyl (C=O) groups is 2. The van der Waals surface area contributed by atoms with Gasteiger partial charge in [-0.25, -0.2) is 19.3 Å². The summed E-state index contributed by atoms with van der Waals surface area (Å²) < 4.78 is 14.2. The lowest BCUT2D eigenvalue weighted by molar-refractivity contribution is 0.0463. The average Bonchev–Trinajstić information content (AvgIpc) is 3.40. The van der Waals surface area contributed by atoms with Crippen LogP contribution in [0.5, 0.6) is 0 Å². The lowest BCUT2D eigenvalue weighted by atomic mass is 10.1. The highest BCUT2D eigenvalue weighted by Crippen LogP contribution is 2.31. The number of nitrogens with zero attached hydrogens (tertiary/aromatic N) is 5. The molecule has 3 heterocycles. The van der Waals surface area contributed by atoms with Gasteiger partial charge in [0.1, 0.15) is 12.9 Å². The van der Waals surface area contributed by atoms with Crippen LogP contribution in [0.25, 0.3) is 11.4 Å². The molecule has 1 aliphatic heterocycles. The number of benzene rings is 2. The Hall–Kier alpha value is -4.27. The van der Waals surface area contributed by atoms with Crippen LogP contribution in [0.1, 0.15) is 50.4 Å². The second-order valence-corrected chi connectivity index (χ2v) is 7.66. The molecule has 0 atom stereocenters. The standard InChI is InChI=1S/C24H21N5O4/c1-3-32-23(30)21-19-12-20-22(24(31)33-13-16-7-5-4-6-8-16)26-27-29(20)18-11-15(2)9-10-17(18)28(19)14-25-21/h4-11,14H,3,12-13H2,1-2H3. The topological polar surface area (TPSA) is 101 Å². The largest absolute Gasteiger partial charge is 0.461 e. The molecular weight excluding hydrogens is 422 g/mol. The zero-order chi connectivity index (χ0) is 22.9. The molecule has 166 valence electrons. The minimum Gasteiger partial charge on any atom is -0.461 e. The highest BCUT2D eigenvalue weighted by molar-refractivity contribution is 5.91. The molecule has 0 N–H and O–H groups in total. The summed E-state index contributed by atoms with van der Waals surface area (Å²) in [5.74, 6) is -1.10. The first kappa shape index (κ1) is 20.6. The third-order valence-electron chi connectivity index (χ3n) is 5.46. The first-order valence-electron chi connectivity index (χ1n) is 10.6. The van der Waals surface area contributed by atoms with Gasteiger partial charge < -0.3 is 9.47 Å². The SMILES string of the molecule is CCOC(=O)c1ncn2c1Cc1c(C(=O)OCc3ccccc3)nnn1-c1cc(C)ccc1-2. The van der Waals surface area contributed by atoms with Crippen LogP contribution >= 0.6 is 0 Å². The molecule has 2 aromatic heterocycles. The van der Waals surface area contributed by atoms with Crippen LogP contribution in [-0.2, 0) is 22.5 Å². The van der Waals surface area contributed by atoms with Crippen molar-refractivity contribution in [3.8, 4) is 11.4 Å². The summed E-state index contributed by atoms with van der Waals surface area (Å²) in [6.45, 7) is 4.06. The van der Waals surface area contributed by atoms with Crippen molar-refractivity contribution < 1.29 is 19.1 Å². The number of aromatic nitrogens is 5. The summed E-state index contributed by atoms with van der Waals surface area (Å²) in [4.78, 5) is 29.8. The molecule has 0 saturated heterocycles. The smallest absolute Gasteiger partial charge is 0.361 e. The Morgan fingerprint density at radius 1 is 0.970 bits per heavy atom. The van der Waals surface area contributed by atoms with Crippen molar-refractivity contribution in [2.45, 2.75) is 26.9 Å². The summed E-state index contributed by atoms with van der Waals surface area (Å²) in [7, 11) is 0. The minimum absolute atomic E-state index is 0.0999. The van der Waals surface area contributed by atoms with E-state index in [0.717, 1.165) is 22.5 Å². The van der Waals surface area contributed by atoms with Crippen molar-refractivity contribution in [1.29, 1.82) is 0 Å². The fourth-order valence-corrected chi connectivity index (χ4v) is 3.89. The number of esters is 2. The van der Waals surface area contributed by atoms with Crippen molar-refractivity contribution in [3.05, 3.63) is 88.8 Å². The lowest BCUT2D eigenvalue weighted by Gasteiger charge is -2.10. The van der Waals surface area contributed by atoms with Crippen LogP contribution in [0.4, 0.5) is 0 Å². The van der Waals surface area contributed by atoms with E-state index in [1.54, 1.807) is 17.9 Å². The first-order valence-corrected chi connectivity index (χ1v) is 10.6. The van der Waals surface area contributed by atoms with E-state index in [0.29, 0.717) is 11.4 Å². The molecule has 1 aliphatic rings. The van der Waals surface area contributed by atoms with E-state index in [4.69, 9.17) is 9.47 Å². The summed E-state index contributed by atoms with van der Waals surface area (Å²) in [6.07, 6.45) is 1.79. The molecule has 0 saturated carbocycles. The molecule has 0 bridgehead atoms. The normalized spacial score (nSPS) is 11.7. The molecule has 0 fully saturated rings. The molecule has 0 aliphatic carbocycles. The van der Waals surface area contributed by atoms with E-state index in [9.17, 15) is 9.59 Å². The maximum absolute atomic E-state index is 13.0. The molecule has 0 radical (unpaired) electrons. The third kappa shape index (κ3) is 3.67. The quantitative estimate of drug-likeness (QED) is 0.385. The zero-order valence-electron chi connectivity index (χ0n) is 18.2. The van der Waals surface area contributed by atoms with E-state index < -0.39 is 11.9 Å². The van der Waals surface area contributed by atoms with Gasteiger partial charge in [0.05, 0.1) is 29.4 Å². The Bertz CT molecular complexity index is 1360. The van der Waals surface area contributed by atoms with Crippen molar-refractivity contribution >= 4 is 11.9 Å². The molecular formula is C24H21N5O4. The Kier molecular flexibility index (Phi) is 5.21. The van der Waals surface area contributed by atoms with Crippen LogP contribution in [-0.4, -0.2) is 43.1 Å². The average molecular weight is 443 g/mol. The number of hydrogen-bond donors (Lipinski definition) is 0. The fraction of sp³-hybridized carbons (Fsp3) is 0.208. The Morgan fingerprint density at radius 3 is 2.55 bits per heavy atom. The van der Waals surface area contributed by atoms with Gasteiger partial charge in [0, 0.05) is 6.42 Å². The van der Waals surface area contributed by atoms with E-state index >= 15 is 0 Å². The van der Waals surface area contributed by atoms with Gasteiger partial charge in [-0.05, 0) is 37.1 Å². The second-order valence-electron chi connectivity index (χ2n) is 7.66. The van der Waals surface area contributed by atoms with Crippen LogP contribution in [0, 0.1) is 6.92 Å². The van der Waals surface area contributed by atoms with Gasteiger partial charge in [-0.2, -0.15) is 0 Å². The number of ether oxygens (including phenoxy) is 2. The lowest BCUT2D eigenvalue weighted by Crippen LogP contribution is -2.13. The minimum atomic E-state index is -0.583. The summed E-state index contributed by atoms with van der Waals surface area (Å²) in [5, 5.41) is 8.41. The van der Waals surface area contributed by atoms with E-state index in [2.05, 4.69) is 15.3 Å². The summed E-state index contributed by atoms with van der Waals surface area (Å²) in [5.41, 5.74) is 4.79. The van der Waals surface area contributed by atoms with E-state index in [-0.39, 0.29) is 31.0 Å². The number of fused-ring (bicyclic) bond motifs is 5. The molecule has 9 nitrogen and oxygen atoms in total. The highest BCUT2D eigenvalue weighted by atomic mass is 16.5. The predicted molar refractivity (Wildman–Crippen MR) is 118 cm³/mol. The maximum Gasteiger partial charge on any atom is 0.361 e. The first-order chi connectivity index (χ1) is 16.1. The third-order valence-corrected chi connectivity index (χ3v) is 5.46. The zero-order valence-corrected chi connectivity index (χ0v) is 18.2. The van der Waals surface area contributed by atoms with Gasteiger partial charge in [0.15, 0.2) is 11.4 Å². The van der Waals surface area contributed by atoms with Gasteiger partial charge in [0.25, 0.3) is 0 Å². The number of hydrogen-bond acceptors (Lipinski definition) is 7. The highest BCUT2D eigenvalue weighted by Gasteiger charge is 2.31. The van der Waals surface area contributed by atoms with Crippen LogP contribution in [0.15, 0.2) is 54.9 Å². The van der Waals surface area contributed by atoms with Crippen LogP contribution in [0.2, 0.25) is 0 Å². The maximum atomic E-state index is 13.0. The van der Waals surface area contributed by atoms with Crippen molar-refractivity contribution in [2.24, 2.45) is 0 Å². The molecule has 0 amide bonds. The molecule has 33 heavy (non-hydrogen) atoms.